The molecule has 0 saturated heterocycles. The molecule has 0 aliphatic carbocycles. The number of fused-ring (bicyclic) bond motifs is 1. The molecule has 0 amide bonds. The third-order valence-electron chi connectivity index (χ3n) is 2.16. The monoisotopic (exact) mass is 279 g/mol. The standard InChI is InChI=1S/C12H10BrNO2/c1-2-16-12(15)8-3-4-11-9(5-8)6-10(13)7-14-11/h3-7H,2H2,1H3. The second-order valence-corrected chi connectivity index (χ2v) is 4.20. The number of esters is 1. The minimum Gasteiger partial charge on any atom is -0.462 e. The topological polar surface area (TPSA) is 39.2 Å². The molecule has 0 aliphatic rings. The van der Waals surface area contributed by atoms with Crippen LogP contribution in [0.3, 0.4) is 0 Å². The number of carbonyl (C=O) groups excluding carboxylic acids is 1. The van der Waals surface area contributed by atoms with Gasteiger partial charge in [-0.25, -0.2) is 4.79 Å². The van der Waals surface area contributed by atoms with E-state index in [1.165, 1.54) is 0 Å². The van der Waals surface area contributed by atoms with Crippen LogP contribution in [0.1, 0.15) is 17.3 Å². The summed E-state index contributed by atoms with van der Waals surface area (Å²) in [5, 5.41) is 0.917. The van der Waals surface area contributed by atoms with Crippen molar-refractivity contribution in [2.45, 2.75) is 6.92 Å². The van der Waals surface area contributed by atoms with E-state index in [9.17, 15) is 4.79 Å². The van der Waals surface area contributed by atoms with Gasteiger partial charge in [-0.3, -0.25) is 4.98 Å². The van der Waals surface area contributed by atoms with Crippen LogP contribution in [0, 0.1) is 0 Å². The highest BCUT2D eigenvalue weighted by molar-refractivity contribution is 9.10. The van der Waals surface area contributed by atoms with E-state index in [1.807, 2.05) is 12.1 Å². The second kappa shape index (κ2) is 4.61. The number of ether oxygens (including phenoxy) is 1. The molecule has 1 heterocycles. The van der Waals surface area contributed by atoms with Crippen LogP contribution >= 0.6 is 15.9 Å². The minimum atomic E-state index is -0.302. The predicted octanol–water partition coefficient (Wildman–Crippen LogP) is 3.17. The summed E-state index contributed by atoms with van der Waals surface area (Å²) < 4.78 is 5.83. The first kappa shape index (κ1) is 11.1. The van der Waals surface area contributed by atoms with E-state index in [4.69, 9.17) is 4.74 Å². The summed E-state index contributed by atoms with van der Waals surface area (Å²) >= 11 is 3.35. The Bertz CT molecular complexity index is 540. The average Bonchev–Trinajstić information content (AvgIpc) is 2.28. The Kier molecular flexibility index (Phi) is 3.19. The van der Waals surface area contributed by atoms with Gasteiger partial charge in [0.25, 0.3) is 0 Å². The Labute approximate surface area is 102 Å². The fourth-order valence-electron chi connectivity index (χ4n) is 1.45. The molecule has 0 unspecified atom stereocenters. The van der Waals surface area contributed by atoms with Crippen molar-refractivity contribution >= 4 is 32.8 Å². The van der Waals surface area contributed by atoms with Crippen molar-refractivity contribution in [3.8, 4) is 0 Å². The molecule has 0 bridgehead atoms. The van der Waals surface area contributed by atoms with E-state index in [0.717, 1.165) is 15.4 Å². The van der Waals surface area contributed by atoms with Gasteiger partial charge in [0, 0.05) is 16.1 Å². The van der Waals surface area contributed by atoms with E-state index < -0.39 is 0 Å². The molecular formula is C12H10BrNO2. The number of carbonyl (C=O) groups is 1. The minimum absolute atomic E-state index is 0.302. The zero-order valence-electron chi connectivity index (χ0n) is 8.74. The van der Waals surface area contributed by atoms with Gasteiger partial charge in [0.15, 0.2) is 0 Å². The molecule has 0 N–H and O–H groups in total. The van der Waals surface area contributed by atoms with Crippen molar-refractivity contribution in [3.05, 3.63) is 40.5 Å². The number of pyridine rings is 1. The maximum absolute atomic E-state index is 11.5. The summed E-state index contributed by atoms with van der Waals surface area (Å²) in [6, 6.07) is 7.24. The SMILES string of the molecule is CCOC(=O)c1ccc2ncc(Br)cc2c1. The summed E-state index contributed by atoms with van der Waals surface area (Å²) in [4.78, 5) is 15.7. The third kappa shape index (κ3) is 2.22. The largest absolute Gasteiger partial charge is 0.462 e. The maximum atomic E-state index is 11.5. The van der Waals surface area contributed by atoms with Crippen molar-refractivity contribution in [3.63, 3.8) is 0 Å². The van der Waals surface area contributed by atoms with Crippen LogP contribution < -0.4 is 0 Å². The van der Waals surface area contributed by atoms with Crippen LogP contribution in [0.5, 0.6) is 0 Å². The molecule has 3 nitrogen and oxygen atoms in total. The molecule has 0 atom stereocenters. The molecular weight excluding hydrogens is 270 g/mol. The van der Waals surface area contributed by atoms with E-state index >= 15 is 0 Å². The second-order valence-electron chi connectivity index (χ2n) is 3.28. The molecule has 2 aromatic rings. The number of hydrogen-bond donors (Lipinski definition) is 0. The average molecular weight is 280 g/mol. The lowest BCUT2D eigenvalue weighted by molar-refractivity contribution is 0.0526. The van der Waals surface area contributed by atoms with Gasteiger partial charge in [-0.1, -0.05) is 0 Å². The van der Waals surface area contributed by atoms with Crippen LogP contribution in [-0.4, -0.2) is 17.6 Å². The Morgan fingerprint density at radius 2 is 2.25 bits per heavy atom. The van der Waals surface area contributed by atoms with Gasteiger partial charge in [-0.2, -0.15) is 0 Å². The first-order valence-corrected chi connectivity index (χ1v) is 5.72. The zero-order valence-corrected chi connectivity index (χ0v) is 10.3. The predicted molar refractivity (Wildman–Crippen MR) is 65.4 cm³/mol. The van der Waals surface area contributed by atoms with Gasteiger partial charge >= 0.3 is 5.97 Å². The third-order valence-corrected chi connectivity index (χ3v) is 2.59. The number of aromatic nitrogens is 1. The van der Waals surface area contributed by atoms with E-state index in [-0.39, 0.29) is 5.97 Å². The maximum Gasteiger partial charge on any atom is 0.338 e. The Balaban J connectivity index is 2.46. The highest BCUT2D eigenvalue weighted by atomic mass is 79.9. The van der Waals surface area contributed by atoms with Gasteiger partial charge in [0.2, 0.25) is 0 Å². The molecule has 0 saturated carbocycles. The van der Waals surface area contributed by atoms with Crippen LogP contribution in [0.25, 0.3) is 10.9 Å². The molecule has 2 rings (SSSR count). The number of halogens is 1. The molecule has 16 heavy (non-hydrogen) atoms. The number of rotatable bonds is 2. The van der Waals surface area contributed by atoms with Crippen LogP contribution in [0.15, 0.2) is 34.9 Å². The molecule has 0 aliphatic heterocycles. The number of hydrogen-bond acceptors (Lipinski definition) is 3. The van der Waals surface area contributed by atoms with Gasteiger partial charge in [-0.05, 0) is 47.1 Å². The molecule has 82 valence electrons. The summed E-state index contributed by atoms with van der Waals surface area (Å²) in [5.41, 5.74) is 1.41. The first-order valence-electron chi connectivity index (χ1n) is 4.93. The van der Waals surface area contributed by atoms with Gasteiger partial charge in [-0.15, -0.1) is 0 Å². The summed E-state index contributed by atoms with van der Waals surface area (Å²) in [5.74, 6) is -0.302. The fourth-order valence-corrected chi connectivity index (χ4v) is 1.80. The molecule has 0 fully saturated rings. The Morgan fingerprint density at radius 3 is 3.00 bits per heavy atom. The van der Waals surface area contributed by atoms with Gasteiger partial charge < -0.3 is 4.74 Å². The van der Waals surface area contributed by atoms with Gasteiger partial charge in [0.05, 0.1) is 17.7 Å². The Morgan fingerprint density at radius 1 is 1.44 bits per heavy atom. The van der Waals surface area contributed by atoms with E-state index in [0.29, 0.717) is 12.2 Å². The lowest BCUT2D eigenvalue weighted by Crippen LogP contribution is -2.04. The van der Waals surface area contributed by atoms with Crippen LogP contribution in [-0.2, 0) is 4.74 Å². The van der Waals surface area contributed by atoms with Crippen LogP contribution in [0.4, 0.5) is 0 Å². The first-order chi connectivity index (χ1) is 7.70. The molecule has 0 radical (unpaired) electrons. The van der Waals surface area contributed by atoms with Crippen LogP contribution in [0.2, 0.25) is 0 Å². The summed E-state index contributed by atoms with van der Waals surface area (Å²) in [6.07, 6.45) is 1.73. The quantitative estimate of drug-likeness (QED) is 0.793. The van der Waals surface area contributed by atoms with Crippen molar-refractivity contribution in [1.29, 1.82) is 0 Å². The lowest BCUT2D eigenvalue weighted by atomic mass is 10.1. The normalized spacial score (nSPS) is 10.4. The smallest absolute Gasteiger partial charge is 0.338 e. The number of benzene rings is 1. The van der Waals surface area contributed by atoms with Crippen molar-refractivity contribution in [1.82, 2.24) is 4.98 Å². The van der Waals surface area contributed by atoms with Crippen molar-refractivity contribution < 1.29 is 9.53 Å². The summed E-state index contributed by atoms with van der Waals surface area (Å²) in [7, 11) is 0. The van der Waals surface area contributed by atoms with Crippen molar-refractivity contribution in [2.75, 3.05) is 6.61 Å². The summed E-state index contributed by atoms with van der Waals surface area (Å²) in [6.45, 7) is 2.17. The zero-order chi connectivity index (χ0) is 11.5. The Hall–Kier alpha value is -1.42. The number of nitrogens with zero attached hydrogens (tertiary/aromatic N) is 1. The fraction of sp³-hybridized carbons (Fsp3) is 0.167. The molecule has 1 aromatic carbocycles. The van der Waals surface area contributed by atoms with E-state index in [2.05, 4.69) is 20.9 Å². The molecule has 4 heteroatoms. The van der Waals surface area contributed by atoms with Crippen molar-refractivity contribution in [2.24, 2.45) is 0 Å². The van der Waals surface area contributed by atoms with E-state index in [1.54, 1.807) is 25.3 Å². The van der Waals surface area contributed by atoms with Gasteiger partial charge in [0.1, 0.15) is 0 Å². The highest BCUT2D eigenvalue weighted by Gasteiger charge is 2.07. The molecule has 0 spiro atoms. The highest BCUT2D eigenvalue weighted by Crippen LogP contribution is 2.18. The molecule has 1 aromatic heterocycles. The lowest BCUT2D eigenvalue weighted by Gasteiger charge is -2.03.